The predicted octanol–water partition coefficient (Wildman–Crippen LogP) is 1.61. The summed E-state index contributed by atoms with van der Waals surface area (Å²) >= 11 is 0. The van der Waals surface area contributed by atoms with Crippen molar-refractivity contribution in [3.8, 4) is 0 Å². The lowest BCUT2D eigenvalue weighted by atomic mass is 10.1. The van der Waals surface area contributed by atoms with Crippen LogP contribution in [0.25, 0.3) is 0 Å². The molecule has 0 spiro atoms. The minimum absolute atomic E-state index is 0.0617. The number of ether oxygens (including phenoxy) is 1. The van der Waals surface area contributed by atoms with Crippen LogP contribution >= 0.6 is 0 Å². The van der Waals surface area contributed by atoms with Crippen LogP contribution in [0.15, 0.2) is 30.3 Å². The molecule has 0 radical (unpaired) electrons. The molecule has 0 heterocycles. The molecule has 0 unspecified atom stereocenters. The first-order valence-electron chi connectivity index (χ1n) is 6.66. The molecule has 0 saturated carbocycles. The average Bonchev–Trinajstić information content (AvgIpc) is 2.42. The summed E-state index contributed by atoms with van der Waals surface area (Å²) in [6.45, 7) is 3.52. The van der Waals surface area contributed by atoms with E-state index < -0.39 is 17.9 Å². The van der Waals surface area contributed by atoms with Crippen LogP contribution in [-0.4, -0.2) is 35.7 Å². The highest BCUT2D eigenvalue weighted by molar-refractivity contribution is 5.84. The highest BCUT2D eigenvalue weighted by atomic mass is 16.5. The molecule has 2 N–H and O–H groups in total. The standard InChI is InChI=1S/C15H21NO4/c1-11(2)20-10-14(17)16-13(15(18)19)9-8-12-6-4-3-5-7-12/h3-7,11,13H,8-10H2,1-2H3,(H,16,17)(H,18,19)/t13-/m0/s1. The van der Waals surface area contributed by atoms with Gasteiger partial charge in [-0.2, -0.15) is 0 Å². The van der Waals surface area contributed by atoms with Gasteiger partial charge in [-0.05, 0) is 32.3 Å². The third-order valence-corrected chi connectivity index (χ3v) is 2.75. The molecule has 110 valence electrons. The van der Waals surface area contributed by atoms with E-state index in [1.807, 2.05) is 44.2 Å². The van der Waals surface area contributed by atoms with Crippen LogP contribution in [0, 0.1) is 0 Å². The Hall–Kier alpha value is -1.88. The molecular weight excluding hydrogens is 258 g/mol. The van der Waals surface area contributed by atoms with Crippen molar-refractivity contribution in [1.29, 1.82) is 0 Å². The van der Waals surface area contributed by atoms with Gasteiger partial charge in [-0.1, -0.05) is 30.3 Å². The van der Waals surface area contributed by atoms with Gasteiger partial charge in [0.1, 0.15) is 12.6 Å². The SMILES string of the molecule is CC(C)OCC(=O)N[C@@H](CCc1ccccc1)C(=O)O. The van der Waals surface area contributed by atoms with Crippen molar-refractivity contribution < 1.29 is 19.4 Å². The Morgan fingerprint density at radius 2 is 1.90 bits per heavy atom. The van der Waals surface area contributed by atoms with Crippen LogP contribution in [0.1, 0.15) is 25.8 Å². The highest BCUT2D eigenvalue weighted by Gasteiger charge is 2.19. The third kappa shape index (κ3) is 6.33. The van der Waals surface area contributed by atoms with Gasteiger partial charge < -0.3 is 15.2 Å². The van der Waals surface area contributed by atoms with Gasteiger partial charge in [0.15, 0.2) is 0 Å². The van der Waals surface area contributed by atoms with Gasteiger partial charge >= 0.3 is 5.97 Å². The monoisotopic (exact) mass is 279 g/mol. The van der Waals surface area contributed by atoms with E-state index in [9.17, 15) is 9.59 Å². The van der Waals surface area contributed by atoms with Crippen LogP contribution < -0.4 is 5.32 Å². The quantitative estimate of drug-likeness (QED) is 0.758. The van der Waals surface area contributed by atoms with E-state index in [0.717, 1.165) is 5.56 Å². The maximum absolute atomic E-state index is 11.6. The molecule has 0 saturated heterocycles. The van der Waals surface area contributed by atoms with Crippen LogP contribution in [0.4, 0.5) is 0 Å². The molecule has 1 rings (SSSR count). The van der Waals surface area contributed by atoms with E-state index in [1.54, 1.807) is 0 Å². The second-order valence-corrected chi connectivity index (χ2v) is 4.84. The predicted molar refractivity (Wildman–Crippen MR) is 75.4 cm³/mol. The van der Waals surface area contributed by atoms with Crippen molar-refractivity contribution >= 4 is 11.9 Å². The molecule has 1 aromatic carbocycles. The molecule has 0 aromatic heterocycles. The first-order valence-corrected chi connectivity index (χ1v) is 6.66. The molecule has 0 fully saturated rings. The number of carbonyl (C=O) groups excluding carboxylic acids is 1. The summed E-state index contributed by atoms with van der Waals surface area (Å²) < 4.78 is 5.14. The summed E-state index contributed by atoms with van der Waals surface area (Å²) in [5, 5.41) is 11.6. The Labute approximate surface area is 118 Å². The maximum Gasteiger partial charge on any atom is 0.326 e. The summed E-state index contributed by atoms with van der Waals surface area (Å²) in [5.74, 6) is -1.43. The van der Waals surface area contributed by atoms with Gasteiger partial charge in [-0.15, -0.1) is 0 Å². The van der Waals surface area contributed by atoms with Gasteiger partial charge in [-0.3, -0.25) is 4.79 Å². The van der Waals surface area contributed by atoms with Gasteiger partial charge in [0, 0.05) is 0 Å². The average molecular weight is 279 g/mol. The Balaban J connectivity index is 2.44. The number of carbonyl (C=O) groups is 2. The van der Waals surface area contributed by atoms with E-state index >= 15 is 0 Å². The Morgan fingerprint density at radius 1 is 1.25 bits per heavy atom. The second-order valence-electron chi connectivity index (χ2n) is 4.84. The molecule has 1 aromatic rings. The zero-order valence-corrected chi connectivity index (χ0v) is 11.8. The molecule has 0 aliphatic carbocycles. The van der Waals surface area contributed by atoms with E-state index in [-0.39, 0.29) is 12.7 Å². The fourth-order valence-corrected chi connectivity index (χ4v) is 1.69. The normalized spacial score (nSPS) is 12.2. The lowest BCUT2D eigenvalue weighted by molar-refractivity contribution is -0.143. The molecule has 5 nitrogen and oxygen atoms in total. The number of carboxylic acid groups (broad SMARTS) is 1. The van der Waals surface area contributed by atoms with Crippen LogP contribution in [-0.2, 0) is 20.7 Å². The number of aliphatic carboxylic acids is 1. The lowest BCUT2D eigenvalue weighted by Crippen LogP contribution is -2.43. The van der Waals surface area contributed by atoms with Crippen LogP contribution in [0.2, 0.25) is 0 Å². The number of rotatable bonds is 8. The molecule has 0 bridgehead atoms. The molecule has 0 aliphatic rings. The highest BCUT2D eigenvalue weighted by Crippen LogP contribution is 2.05. The molecule has 0 aliphatic heterocycles. The number of hydrogen-bond donors (Lipinski definition) is 2. The summed E-state index contributed by atoms with van der Waals surface area (Å²) in [5.41, 5.74) is 1.05. The molecule has 20 heavy (non-hydrogen) atoms. The fourth-order valence-electron chi connectivity index (χ4n) is 1.69. The van der Waals surface area contributed by atoms with Crippen molar-refractivity contribution in [2.45, 2.75) is 38.8 Å². The summed E-state index contributed by atoms with van der Waals surface area (Å²) in [4.78, 5) is 22.7. The summed E-state index contributed by atoms with van der Waals surface area (Å²) in [6, 6.07) is 8.69. The van der Waals surface area contributed by atoms with Crippen molar-refractivity contribution in [2.24, 2.45) is 0 Å². The van der Waals surface area contributed by atoms with Gasteiger partial charge in [0.25, 0.3) is 0 Å². The van der Waals surface area contributed by atoms with Crippen LogP contribution in [0.5, 0.6) is 0 Å². The number of carboxylic acids is 1. The Morgan fingerprint density at radius 3 is 2.45 bits per heavy atom. The zero-order chi connectivity index (χ0) is 15.0. The first kappa shape index (κ1) is 16.2. The maximum atomic E-state index is 11.6. The van der Waals surface area contributed by atoms with Crippen molar-refractivity contribution in [3.63, 3.8) is 0 Å². The van der Waals surface area contributed by atoms with E-state index in [0.29, 0.717) is 12.8 Å². The number of hydrogen-bond acceptors (Lipinski definition) is 3. The molecular formula is C15H21NO4. The largest absolute Gasteiger partial charge is 0.480 e. The minimum Gasteiger partial charge on any atom is -0.480 e. The molecule has 5 heteroatoms. The van der Waals surface area contributed by atoms with Crippen molar-refractivity contribution in [1.82, 2.24) is 5.32 Å². The summed E-state index contributed by atoms with van der Waals surface area (Å²) in [7, 11) is 0. The topological polar surface area (TPSA) is 75.6 Å². The number of aryl methyl sites for hydroxylation is 1. The zero-order valence-electron chi connectivity index (χ0n) is 11.8. The smallest absolute Gasteiger partial charge is 0.326 e. The van der Waals surface area contributed by atoms with Gasteiger partial charge in [0.2, 0.25) is 5.91 Å². The minimum atomic E-state index is -1.03. The fraction of sp³-hybridized carbons (Fsp3) is 0.467. The summed E-state index contributed by atoms with van der Waals surface area (Å²) in [6.07, 6.45) is 0.893. The first-order chi connectivity index (χ1) is 9.49. The van der Waals surface area contributed by atoms with E-state index in [2.05, 4.69) is 5.32 Å². The second kappa shape index (κ2) is 8.32. The Kier molecular flexibility index (Phi) is 6.73. The van der Waals surface area contributed by atoms with Crippen LogP contribution in [0.3, 0.4) is 0 Å². The third-order valence-electron chi connectivity index (χ3n) is 2.75. The lowest BCUT2D eigenvalue weighted by Gasteiger charge is -2.15. The molecule has 1 amide bonds. The van der Waals surface area contributed by atoms with Gasteiger partial charge in [-0.25, -0.2) is 4.79 Å². The van der Waals surface area contributed by atoms with Crippen molar-refractivity contribution in [2.75, 3.05) is 6.61 Å². The number of benzene rings is 1. The van der Waals surface area contributed by atoms with E-state index in [1.165, 1.54) is 0 Å². The van der Waals surface area contributed by atoms with Gasteiger partial charge in [0.05, 0.1) is 6.10 Å². The molecule has 1 atom stereocenters. The number of nitrogens with one attached hydrogen (secondary N) is 1. The Bertz CT molecular complexity index is 431. The van der Waals surface area contributed by atoms with E-state index in [4.69, 9.17) is 9.84 Å². The number of amides is 1. The van der Waals surface area contributed by atoms with Crippen molar-refractivity contribution in [3.05, 3.63) is 35.9 Å².